The molecule has 1 aromatic rings. The number of nitrogens with one attached hydrogen (secondary N) is 1. The third kappa shape index (κ3) is 2.01. The predicted octanol–water partition coefficient (Wildman–Crippen LogP) is 3.28. The number of hydrogen-bond acceptors (Lipinski definition) is 4. The zero-order chi connectivity index (χ0) is 16.1. The van der Waals surface area contributed by atoms with Crippen molar-refractivity contribution in [2.75, 3.05) is 0 Å². The van der Waals surface area contributed by atoms with Crippen LogP contribution in [0, 0.1) is 29.6 Å². The summed E-state index contributed by atoms with van der Waals surface area (Å²) in [4.78, 5) is 0. The molecule has 0 saturated heterocycles. The molecule has 2 heterocycles. The predicted molar refractivity (Wildman–Crippen MR) is 83.9 cm³/mol. The molecule has 5 heteroatoms. The van der Waals surface area contributed by atoms with Gasteiger partial charge in [0.15, 0.2) is 0 Å². The minimum absolute atomic E-state index is 0.218. The van der Waals surface area contributed by atoms with Gasteiger partial charge in [0, 0.05) is 16.7 Å². The second kappa shape index (κ2) is 4.77. The van der Waals surface area contributed by atoms with Gasteiger partial charge >= 0.3 is 0 Å². The van der Waals surface area contributed by atoms with Crippen molar-refractivity contribution in [2.24, 2.45) is 17.1 Å². The number of nitrogens with two attached hydrogens (primary N) is 1. The summed E-state index contributed by atoms with van der Waals surface area (Å²) in [6.07, 6.45) is 4.03. The third-order valence-corrected chi connectivity index (χ3v) is 5.50. The lowest BCUT2D eigenvalue weighted by molar-refractivity contribution is 0.140. The van der Waals surface area contributed by atoms with Gasteiger partial charge in [0.05, 0.1) is 0 Å². The molecule has 0 unspecified atom stereocenters. The second-order valence-electron chi connectivity index (χ2n) is 7.70. The number of nitriles is 1. The van der Waals surface area contributed by atoms with Gasteiger partial charge in [-0.05, 0) is 43.9 Å². The van der Waals surface area contributed by atoms with Crippen molar-refractivity contribution in [2.45, 2.75) is 58.8 Å². The third-order valence-electron chi connectivity index (χ3n) is 5.50. The molecule has 2 aliphatic rings. The summed E-state index contributed by atoms with van der Waals surface area (Å²) in [5.74, 6) is 1.43. The summed E-state index contributed by atoms with van der Waals surface area (Å²) in [7, 11) is 0. The highest BCUT2D eigenvalue weighted by atomic mass is 16.5. The minimum atomic E-state index is -0.328. The van der Waals surface area contributed by atoms with Crippen molar-refractivity contribution in [3.8, 4) is 11.9 Å². The molecule has 3 N–H and O–H groups in total. The summed E-state index contributed by atoms with van der Waals surface area (Å²) in [5.41, 5.74) is 8.58. The van der Waals surface area contributed by atoms with E-state index in [4.69, 9.17) is 10.5 Å². The van der Waals surface area contributed by atoms with E-state index in [-0.39, 0.29) is 11.3 Å². The SMILES string of the molecule is Cc1[nH]nc2c1C1(CCC(C(C)(C)C)CC1)C(C#N)=C(N)O2. The Bertz CT molecular complexity index is 664. The van der Waals surface area contributed by atoms with E-state index in [1.807, 2.05) is 6.92 Å². The van der Waals surface area contributed by atoms with E-state index in [2.05, 4.69) is 37.0 Å². The van der Waals surface area contributed by atoms with Crippen LogP contribution in [0.4, 0.5) is 0 Å². The van der Waals surface area contributed by atoms with Crippen molar-refractivity contribution >= 4 is 0 Å². The van der Waals surface area contributed by atoms with Crippen LogP contribution in [-0.4, -0.2) is 10.2 Å². The number of nitrogens with zero attached hydrogens (tertiary/aromatic N) is 2. The Labute approximate surface area is 131 Å². The summed E-state index contributed by atoms with van der Waals surface area (Å²) in [5, 5.41) is 16.9. The van der Waals surface area contributed by atoms with Crippen LogP contribution >= 0.6 is 0 Å². The van der Waals surface area contributed by atoms with Gasteiger partial charge in [-0.25, -0.2) is 0 Å². The van der Waals surface area contributed by atoms with E-state index in [1.54, 1.807) is 0 Å². The highest BCUT2D eigenvalue weighted by Crippen LogP contribution is 2.54. The average Bonchev–Trinajstić information content (AvgIpc) is 2.80. The Morgan fingerprint density at radius 1 is 1.36 bits per heavy atom. The molecule has 0 aromatic carbocycles. The first-order valence-corrected chi connectivity index (χ1v) is 7.93. The van der Waals surface area contributed by atoms with Gasteiger partial charge in [0.2, 0.25) is 11.8 Å². The number of hydrogen-bond donors (Lipinski definition) is 2. The molecule has 1 saturated carbocycles. The van der Waals surface area contributed by atoms with E-state index in [1.165, 1.54) is 0 Å². The Balaban J connectivity index is 2.05. The molecule has 1 aliphatic carbocycles. The number of rotatable bonds is 0. The quantitative estimate of drug-likeness (QED) is 0.769. The minimum Gasteiger partial charge on any atom is -0.420 e. The Hall–Kier alpha value is -1.96. The zero-order valence-corrected chi connectivity index (χ0v) is 13.8. The number of aromatic nitrogens is 2. The summed E-state index contributed by atoms with van der Waals surface area (Å²) < 4.78 is 5.57. The smallest absolute Gasteiger partial charge is 0.244 e. The highest BCUT2D eigenvalue weighted by molar-refractivity contribution is 5.54. The number of aryl methyl sites for hydroxylation is 1. The fraction of sp³-hybridized carbons (Fsp3) is 0.647. The van der Waals surface area contributed by atoms with Crippen molar-refractivity contribution in [1.82, 2.24) is 10.2 Å². The fourth-order valence-corrected chi connectivity index (χ4v) is 4.20. The summed E-state index contributed by atoms with van der Waals surface area (Å²) in [6.45, 7) is 8.88. The van der Waals surface area contributed by atoms with Gasteiger partial charge in [0.25, 0.3) is 0 Å². The van der Waals surface area contributed by atoms with Crippen LogP contribution in [0.25, 0.3) is 0 Å². The van der Waals surface area contributed by atoms with Crippen LogP contribution in [0.5, 0.6) is 5.88 Å². The first-order chi connectivity index (χ1) is 10.3. The van der Waals surface area contributed by atoms with Crippen LogP contribution < -0.4 is 10.5 Å². The Morgan fingerprint density at radius 3 is 2.55 bits per heavy atom. The van der Waals surface area contributed by atoms with E-state index in [9.17, 15) is 5.26 Å². The number of fused-ring (bicyclic) bond motifs is 2. The molecule has 5 nitrogen and oxygen atoms in total. The summed E-state index contributed by atoms with van der Waals surface area (Å²) in [6, 6.07) is 2.31. The van der Waals surface area contributed by atoms with Gasteiger partial charge in [-0.3, -0.25) is 5.10 Å². The lowest BCUT2D eigenvalue weighted by atomic mass is 9.59. The van der Waals surface area contributed by atoms with E-state index in [0.29, 0.717) is 22.8 Å². The van der Waals surface area contributed by atoms with Gasteiger partial charge in [0.1, 0.15) is 11.6 Å². The molecule has 0 atom stereocenters. The van der Waals surface area contributed by atoms with E-state index in [0.717, 1.165) is 36.9 Å². The molecule has 1 aromatic heterocycles. The molecule has 0 bridgehead atoms. The molecule has 0 radical (unpaired) electrons. The first-order valence-electron chi connectivity index (χ1n) is 7.93. The van der Waals surface area contributed by atoms with E-state index >= 15 is 0 Å². The van der Waals surface area contributed by atoms with Crippen LogP contribution in [-0.2, 0) is 5.41 Å². The molecule has 0 amide bonds. The Kier molecular flexibility index (Phi) is 3.24. The number of H-pyrrole nitrogens is 1. The molecule has 1 spiro atoms. The normalized spacial score (nSPS) is 28.2. The van der Waals surface area contributed by atoms with Crippen molar-refractivity contribution in [3.05, 3.63) is 22.7 Å². The number of ether oxygens (including phenoxy) is 1. The summed E-state index contributed by atoms with van der Waals surface area (Å²) >= 11 is 0. The van der Waals surface area contributed by atoms with Gasteiger partial charge < -0.3 is 10.5 Å². The molecule has 1 aliphatic heterocycles. The van der Waals surface area contributed by atoms with Crippen LogP contribution in [0.15, 0.2) is 11.5 Å². The van der Waals surface area contributed by atoms with Crippen LogP contribution in [0.2, 0.25) is 0 Å². The fourth-order valence-electron chi connectivity index (χ4n) is 4.20. The molecule has 1 fully saturated rings. The number of aromatic amines is 1. The van der Waals surface area contributed by atoms with Crippen molar-refractivity contribution < 1.29 is 4.74 Å². The van der Waals surface area contributed by atoms with Gasteiger partial charge in [-0.15, -0.1) is 5.10 Å². The molecule has 3 rings (SSSR count). The number of allylic oxidation sites excluding steroid dienone is 1. The largest absolute Gasteiger partial charge is 0.420 e. The van der Waals surface area contributed by atoms with Crippen LogP contribution in [0.3, 0.4) is 0 Å². The van der Waals surface area contributed by atoms with Crippen LogP contribution in [0.1, 0.15) is 57.7 Å². The van der Waals surface area contributed by atoms with Gasteiger partial charge in [-0.2, -0.15) is 5.26 Å². The maximum absolute atomic E-state index is 9.66. The molecule has 22 heavy (non-hydrogen) atoms. The van der Waals surface area contributed by atoms with E-state index < -0.39 is 0 Å². The highest BCUT2D eigenvalue weighted by Gasteiger charge is 2.49. The topological polar surface area (TPSA) is 87.7 Å². The lowest BCUT2D eigenvalue weighted by Gasteiger charge is -2.45. The molecular weight excluding hydrogens is 276 g/mol. The Morgan fingerprint density at radius 2 is 2.00 bits per heavy atom. The first kappa shape index (κ1) is 15.0. The maximum atomic E-state index is 9.66. The monoisotopic (exact) mass is 300 g/mol. The lowest BCUT2D eigenvalue weighted by Crippen LogP contribution is -2.41. The molecule has 118 valence electrons. The molecular formula is C17H24N4O. The second-order valence-corrected chi connectivity index (χ2v) is 7.70. The van der Waals surface area contributed by atoms with Crippen molar-refractivity contribution in [3.63, 3.8) is 0 Å². The standard InChI is InChI=1S/C17H24N4O/c1-10-13-15(21-20-10)22-14(19)12(9-18)17(13)7-5-11(6-8-17)16(2,3)4/h11H,5-8,19H2,1-4H3,(H,20,21). The van der Waals surface area contributed by atoms with Crippen molar-refractivity contribution in [1.29, 1.82) is 5.26 Å². The van der Waals surface area contributed by atoms with Gasteiger partial charge in [-0.1, -0.05) is 20.8 Å². The maximum Gasteiger partial charge on any atom is 0.244 e. The average molecular weight is 300 g/mol. The zero-order valence-electron chi connectivity index (χ0n) is 13.8.